The molecule has 0 saturated heterocycles. The van der Waals surface area contributed by atoms with E-state index in [-0.39, 0.29) is 16.7 Å². The van der Waals surface area contributed by atoms with E-state index in [1.165, 1.54) is 58.2 Å². The molecule has 3 aromatic rings. The Bertz CT molecular complexity index is 1790. The first-order valence-electron chi connectivity index (χ1n) is 18.9. The van der Waals surface area contributed by atoms with Crippen LogP contribution in [0, 0.1) is 5.92 Å². The summed E-state index contributed by atoms with van der Waals surface area (Å²) in [6, 6.07) is 28.9. The number of benzene rings is 3. The molecule has 0 heteroatoms. The van der Waals surface area contributed by atoms with Crippen molar-refractivity contribution in [3.05, 3.63) is 204 Å². The largest absolute Gasteiger partial charge is 0.103 e. The Morgan fingerprint density at radius 3 is 2.12 bits per heavy atom. The van der Waals surface area contributed by atoms with Gasteiger partial charge in [-0.25, -0.2) is 0 Å². The number of rotatable bonds is 18. The highest BCUT2D eigenvalue weighted by Crippen LogP contribution is 2.50. The van der Waals surface area contributed by atoms with E-state index in [2.05, 4.69) is 195 Å². The maximum atomic E-state index is 4.35. The summed E-state index contributed by atoms with van der Waals surface area (Å²) in [6.45, 7) is 26.5. The van der Waals surface area contributed by atoms with Crippen LogP contribution in [0.15, 0.2) is 176 Å². The molecule has 0 heterocycles. The van der Waals surface area contributed by atoms with Gasteiger partial charge in [-0.05, 0) is 108 Å². The zero-order valence-electron chi connectivity index (χ0n) is 32.2. The average molecular weight is 673 g/mol. The molecule has 0 nitrogen and oxygen atoms in total. The highest BCUT2D eigenvalue weighted by Gasteiger charge is 2.39. The van der Waals surface area contributed by atoms with Crippen LogP contribution in [0.1, 0.15) is 108 Å². The first kappa shape index (κ1) is 39.1. The molecular weight excluding hydrogens is 613 g/mol. The van der Waals surface area contributed by atoms with Crippen molar-refractivity contribution in [2.45, 2.75) is 90.9 Å². The molecule has 0 saturated carbocycles. The van der Waals surface area contributed by atoms with Crippen LogP contribution >= 0.6 is 0 Å². The van der Waals surface area contributed by atoms with Crippen LogP contribution in [-0.4, -0.2) is 0 Å². The van der Waals surface area contributed by atoms with E-state index in [0.717, 1.165) is 36.0 Å². The quantitative estimate of drug-likeness (QED) is 0.0717. The Morgan fingerprint density at radius 2 is 1.55 bits per heavy atom. The van der Waals surface area contributed by atoms with Crippen LogP contribution in [0.3, 0.4) is 0 Å². The van der Waals surface area contributed by atoms with Crippen molar-refractivity contribution < 1.29 is 0 Å². The molecule has 264 valence electrons. The van der Waals surface area contributed by atoms with Gasteiger partial charge in [-0.1, -0.05) is 186 Å². The monoisotopic (exact) mass is 672 g/mol. The lowest BCUT2D eigenvalue weighted by Crippen LogP contribution is -2.34. The maximum Gasteiger partial charge on any atom is 0.0297 e. The molecule has 0 spiro atoms. The molecule has 0 amide bonds. The summed E-state index contributed by atoms with van der Waals surface area (Å²) in [5, 5.41) is 0. The molecule has 3 aromatic carbocycles. The lowest BCUT2D eigenvalue weighted by molar-refractivity contribution is 0.409. The third kappa shape index (κ3) is 8.80. The predicted molar refractivity (Wildman–Crippen MR) is 227 cm³/mol. The molecule has 0 bridgehead atoms. The zero-order chi connectivity index (χ0) is 36.9. The molecule has 2 unspecified atom stereocenters. The number of hydrogen-bond acceptors (Lipinski definition) is 0. The highest BCUT2D eigenvalue weighted by molar-refractivity contribution is 5.85. The van der Waals surface area contributed by atoms with Gasteiger partial charge in [-0.2, -0.15) is 0 Å². The van der Waals surface area contributed by atoms with Crippen LogP contribution in [0.25, 0.3) is 11.1 Å². The maximum absolute atomic E-state index is 4.35. The third-order valence-electron chi connectivity index (χ3n) is 11.0. The summed E-state index contributed by atoms with van der Waals surface area (Å²) in [5.41, 5.74) is 12.4. The van der Waals surface area contributed by atoms with Gasteiger partial charge in [0, 0.05) is 10.8 Å². The van der Waals surface area contributed by atoms with E-state index >= 15 is 0 Å². The van der Waals surface area contributed by atoms with Gasteiger partial charge in [-0.15, -0.1) is 6.58 Å². The summed E-state index contributed by atoms with van der Waals surface area (Å²) in [7, 11) is 0. The number of hydrogen-bond donors (Lipinski definition) is 0. The summed E-state index contributed by atoms with van der Waals surface area (Å²) < 4.78 is 0. The lowest BCUT2D eigenvalue weighted by Gasteiger charge is -2.39. The lowest BCUT2D eigenvalue weighted by atomic mass is 9.64. The van der Waals surface area contributed by atoms with Gasteiger partial charge in [0.05, 0.1) is 0 Å². The van der Waals surface area contributed by atoms with Crippen LogP contribution in [0.5, 0.6) is 0 Å². The normalized spacial score (nSPS) is 17.5. The van der Waals surface area contributed by atoms with Crippen LogP contribution in [0.4, 0.5) is 0 Å². The molecule has 0 N–H and O–H groups in total. The van der Waals surface area contributed by atoms with Gasteiger partial charge in [0.1, 0.15) is 0 Å². The second-order valence-electron chi connectivity index (χ2n) is 14.3. The summed E-state index contributed by atoms with van der Waals surface area (Å²) in [4.78, 5) is 0. The minimum Gasteiger partial charge on any atom is -0.103 e. The number of fused-ring (bicyclic) bond motifs is 1. The third-order valence-corrected chi connectivity index (χ3v) is 11.0. The summed E-state index contributed by atoms with van der Waals surface area (Å²) in [6.07, 6.45) is 28.5. The van der Waals surface area contributed by atoms with Crippen LogP contribution in [-0.2, 0) is 10.8 Å². The molecule has 0 fully saturated rings. The average Bonchev–Trinajstić information content (AvgIpc) is 3.37. The van der Waals surface area contributed by atoms with Crippen molar-refractivity contribution >= 4 is 11.1 Å². The van der Waals surface area contributed by atoms with Crippen molar-refractivity contribution in [2.24, 2.45) is 5.92 Å². The molecule has 0 aromatic heterocycles. The molecule has 1 aliphatic rings. The fourth-order valence-corrected chi connectivity index (χ4v) is 7.92. The highest BCUT2D eigenvalue weighted by atomic mass is 14.4. The first-order chi connectivity index (χ1) is 24.7. The van der Waals surface area contributed by atoms with Gasteiger partial charge >= 0.3 is 0 Å². The Kier molecular flexibility index (Phi) is 14.2. The van der Waals surface area contributed by atoms with E-state index in [9.17, 15) is 0 Å². The van der Waals surface area contributed by atoms with Gasteiger partial charge in [0.15, 0.2) is 0 Å². The van der Waals surface area contributed by atoms with Gasteiger partial charge < -0.3 is 0 Å². The standard InChI is InChI=1S/C51H60/c1-10-15-23-35-50(9)48(24-12-3)41(8)47-33-32-44(38-49(47)50)43(14-5)37-42(31-30-39(6)25-16-11-2)34-36-51(40(7)13-4,45-26-19-17-20-27-45)46-28-21-18-22-29-46/h11-14,16-22,24,26-34,37-38,40H,4-6,10,15,23,25,35-36H2,1-3,7-9H3/b16-11-,24-12-,31-30-,42-34+,43-37+. The van der Waals surface area contributed by atoms with E-state index in [4.69, 9.17) is 0 Å². The molecule has 1 aliphatic carbocycles. The minimum atomic E-state index is -0.298. The Hall–Kier alpha value is -4.68. The van der Waals surface area contributed by atoms with Crippen molar-refractivity contribution in [3.8, 4) is 0 Å². The number of allylic oxidation sites excluding steroid dienone is 15. The van der Waals surface area contributed by atoms with E-state index in [1.807, 2.05) is 6.08 Å². The smallest absolute Gasteiger partial charge is 0.0297 e. The Balaban J connectivity index is 1.88. The summed E-state index contributed by atoms with van der Waals surface area (Å²) >= 11 is 0. The van der Waals surface area contributed by atoms with Crippen LogP contribution < -0.4 is 0 Å². The fourth-order valence-electron chi connectivity index (χ4n) is 7.92. The molecule has 4 rings (SSSR count). The second-order valence-corrected chi connectivity index (χ2v) is 14.3. The second kappa shape index (κ2) is 18.5. The molecule has 0 aliphatic heterocycles. The molecule has 0 radical (unpaired) electrons. The van der Waals surface area contributed by atoms with Gasteiger partial charge in [-0.3, -0.25) is 0 Å². The fraction of sp³-hybridized carbons (Fsp3) is 0.294. The minimum absolute atomic E-state index is 0.0156. The van der Waals surface area contributed by atoms with Crippen molar-refractivity contribution in [2.75, 3.05) is 0 Å². The Labute approximate surface area is 310 Å². The SMILES string of the molecule is C=C\C(=C/C(/C=C\C(=C)C/C=C\C)=C/CC(c1ccccc1)(c1ccccc1)C(C)C=C)c1ccc2c(c1)C(C)(CCCCC)C(/C=C\C)=C2C. The van der Waals surface area contributed by atoms with E-state index in [1.54, 1.807) is 0 Å². The van der Waals surface area contributed by atoms with Crippen LogP contribution in [0.2, 0.25) is 0 Å². The zero-order valence-corrected chi connectivity index (χ0v) is 32.2. The topological polar surface area (TPSA) is 0 Å². The summed E-state index contributed by atoms with van der Waals surface area (Å²) in [5.74, 6) is 0.181. The molecular formula is C51H60. The van der Waals surface area contributed by atoms with E-state index in [0.29, 0.717) is 0 Å². The molecule has 51 heavy (non-hydrogen) atoms. The number of unbranched alkanes of at least 4 members (excludes halogenated alkanes) is 2. The van der Waals surface area contributed by atoms with Gasteiger partial charge in [0.25, 0.3) is 0 Å². The first-order valence-corrected chi connectivity index (χ1v) is 18.9. The van der Waals surface area contributed by atoms with Gasteiger partial charge in [0.2, 0.25) is 0 Å². The Morgan fingerprint density at radius 1 is 0.882 bits per heavy atom. The molecule has 2 atom stereocenters. The van der Waals surface area contributed by atoms with Crippen molar-refractivity contribution in [3.63, 3.8) is 0 Å². The van der Waals surface area contributed by atoms with E-state index < -0.39 is 0 Å². The van der Waals surface area contributed by atoms with Crippen molar-refractivity contribution in [1.82, 2.24) is 0 Å². The van der Waals surface area contributed by atoms with Crippen molar-refractivity contribution in [1.29, 1.82) is 0 Å². The predicted octanol–water partition coefficient (Wildman–Crippen LogP) is 14.7.